The molecule has 2 unspecified atom stereocenters. The van der Waals surface area contributed by atoms with Gasteiger partial charge in [-0.05, 0) is 226 Å². The fraction of sp³-hybridized carbons (Fsp3) is 0.182. The molecular formula is C88H74F2N2O4. The Bertz CT molecular complexity index is 4500. The van der Waals surface area contributed by atoms with Crippen LogP contribution in [0.3, 0.4) is 0 Å². The van der Waals surface area contributed by atoms with Gasteiger partial charge in [-0.1, -0.05) is 183 Å². The van der Waals surface area contributed by atoms with Gasteiger partial charge < -0.3 is 28.7 Å². The summed E-state index contributed by atoms with van der Waals surface area (Å²) in [5.41, 5.74) is 22.5. The minimum Gasteiger partial charge on any atom is -0.493 e. The van der Waals surface area contributed by atoms with Crippen molar-refractivity contribution in [3.05, 3.63) is 346 Å². The Morgan fingerprint density at radius 2 is 0.635 bits per heavy atom. The van der Waals surface area contributed by atoms with E-state index in [0.717, 1.165) is 141 Å². The molecule has 0 amide bonds. The molecule has 0 N–H and O–H groups in total. The summed E-state index contributed by atoms with van der Waals surface area (Å²) in [6.45, 7) is 12.8. The molecule has 96 heavy (non-hydrogen) atoms. The lowest BCUT2D eigenvalue weighted by atomic mass is 9.67. The van der Waals surface area contributed by atoms with E-state index in [1.807, 2.05) is 24.3 Å². The first-order valence-electron chi connectivity index (χ1n) is 33.6. The van der Waals surface area contributed by atoms with Crippen molar-refractivity contribution in [1.82, 2.24) is 0 Å². The number of fused-ring (bicyclic) bond motifs is 6. The fourth-order valence-corrected chi connectivity index (χ4v) is 15.3. The van der Waals surface area contributed by atoms with E-state index in [-0.39, 0.29) is 22.5 Å². The third kappa shape index (κ3) is 10.3. The molecule has 2 aliphatic carbocycles. The van der Waals surface area contributed by atoms with E-state index in [9.17, 15) is 8.78 Å². The number of rotatable bonds is 19. The molecule has 12 aromatic rings. The standard InChI is InChI=1S/C88H74F2N2O4/c1-5-85(53-93-54-85)57-95-75-45-27-65(28-46-75)87(63-23-15-59(3)16-24-63)81-13-9-7-11-77(81)79-49-43-73(51-83(79)87)91(71-39-31-67(89)32-40-71)69-35-19-61(20-36-69)62-21-37-70(38-22-62)92(72-41-33-68(90)34-42-72)74-44-50-80-78-12-8-10-14-82(78)88(84(80)52-74,64-25-17-60(4)18-26-64)66-29-47-76(48-30-66)96-58-86(6-2)55-94-56-86/h7-52H,5-6,53-58H2,1-4H3. The van der Waals surface area contributed by atoms with E-state index in [2.05, 4.69) is 268 Å². The van der Waals surface area contributed by atoms with Crippen molar-refractivity contribution in [2.75, 3.05) is 49.4 Å². The van der Waals surface area contributed by atoms with Crippen LogP contribution in [0.25, 0.3) is 33.4 Å². The molecule has 0 saturated carbocycles. The van der Waals surface area contributed by atoms with Gasteiger partial charge in [0.15, 0.2) is 0 Å². The van der Waals surface area contributed by atoms with Crippen LogP contribution >= 0.6 is 0 Å². The molecule has 2 heterocycles. The lowest BCUT2D eigenvalue weighted by Gasteiger charge is -2.40. The van der Waals surface area contributed by atoms with Crippen LogP contribution in [0.4, 0.5) is 42.9 Å². The molecule has 8 heteroatoms. The average Bonchev–Trinajstić information content (AvgIpc) is 1.57. The van der Waals surface area contributed by atoms with Gasteiger partial charge in [0.05, 0.1) is 61.3 Å². The van der Waals surface area contributed by atoms with Gasteiger partial charge in [-0.15, -0.1) is 0 Å². The van der Waals surface area contributed by atoms with Crippen molar-refractivity contribution < 1.29 is 27.7 Å². The Labute approximate surface area is 561 Å². The Kier molecular flexibility index (Phi) is 15.4. The minimum atomic E-state index is -0.692. The van der Waals surface area contributed by atoms with Crippen LogP contribution in [0.2, 0.25) is 0 Å². The second kappa shape index (κ2) is 24.4. The maximum absolute atomic E-state index is 15.0. The van der Waals surface area contributed by atoms with E-state index in [1.54, 1.807) is 0 Å². The number of aryl methyl sites for hydroxylation is 2. The molecule has 0 spiro atoms. The second-order valence-corrected chi connectivity index (χ2v) is 26.8. The Morgan fingerprint density at radius 3 is 0.958 bits per heavy atom. The molecule has 0 bridgehead atoms. The highest BCUT2D eigenvalue weighted by Crippen LogP contribution is 2.60. The van der Waals surface area contributed by atoms with Crippen LogP contribution in [0, 0.1) is 36.3 Å². The van der Waals surface area contributed by atoms with Gasteiger partial charge in [-0.25, -0.2) is 8.78 Å². The molecule has 6 nitrogen and oxygen atoms in total. The van der Waals surface area contributed by atoms with Gasteiger partial charge in [0.1, 0.15) is 23.1 Å². The Hall–Kier alpha value is -10.4. The first-order chi connectivity index (χ1) is 47.0. The molecular weight excluding hydrogens is 1190 g/mol. The molecule has 16 rings (SSSR count). The first-order valence-corrected chi connectivity index (χ1v) is 33.6. The van der Waals surface area contributed by atoms with Gasteiger partial charge in [0, 0.05) is 34.1 Å². The van der Waals surface area contributed by atoms with Gasteiger partial charge >= 0.3 is 0 Å². The van der Waals surface area contributed by atoms with Crippen LogP contribution in [0.1, 0.15) is 82.3 Å². The predicted molar refractivity (Wildman–Crippen MR) is 383 cm³/mol. The molecule has 0 radical (unpaired) electrons. The maximum Gasteiger partial charge on any atom is 0.123 e. The van der Waals surface area contributed by atoms with E-state index >= 15 is 0 Å². The number of ether oxygens (including phenoxy) is 4. The number of hydrogen-bond acceptors (Lipinski definition) is 6. The fourth-order valence-electron chi connectivity index (χ4n) is 15.3. The lowest BCUT2D eigenvalue weighted by molar-refractivity contribution is -0.133. The van der Waals surface area contributed by atoms with Crippen molar-refractivity contribution in [3.63, 3.8) is 0 Å². The summed E-state index contributed by atoms with van der Waals surface area (Å²) in [4.78, 5) is 4.45. The summed E-state index contributed by atoms with van der Waals surface area (Å²) >= 11 is 0. The summed E-state index contributed by atoms with van der Waals surface area (Å²) in [7, 11) is 0. The summed E-state index contributed by atoms with van der Waals surface area (Å²) in [5.74, 6) is 1.06. The van der Waals surface area contributed by atoms with Crippen molar-refractivity contribution in [2.24, 2.45) is 10.8 Å². The van der Waals surface area contributed by atoms with Crippen molar-refractivity contribution >= 4 is 34.1 Å². The van der Waals surface area contributed by atoms with Crippen molar-refractivity contribution in [3.8, 4) is 44.9 Å². The van der Waals surface area contributed by atoms with E-state index in [1.165, 1.54) is 57.6 Å². The zero-order valence-electron chi connectivity index (χ0n) is 54.5. The van der Waals surface area contributed by atoms with Gasteiger partial charge in [0.25, 0.3) is 0 Å². The van der Waals surface area contributed by atoms with E-state index in [4.69, 9.17) is 18.9 Å². The number of nitrogens with zero attached hydrogens (tertiary/aromatic N) is 2. The zero-order chi connectivity index (χ0) is 65.2. The van der Waals surface area contributed by atoms with Crippen LogP contribution in [-0.2, 0) is 20.3 Å². The average molecular weight is 1260 g/mol. The second-order valence-electron chi connectivity index (χ2n) is 26.8. The Morgan fingerprint density at radius 1 is 0.333 bits per heavy atom. The number of benzene rings is 12. The van der Waals surface area contributed by atoms with Crippen LogP contribution < -0.4 is 19.3 Å². The highest BCUT2D eigenvalue weighted by atomic mass is 19.1. The summed E-state index contributed by atoms with van der Waals surface area (Å²) < 4.78 is 54.2. The molecule has 0 aromatic heterocycles. The zero-order valence-corrected chi connectivity index (χ0v) is 54.5. The first kappa shape index (κ1) is 60.6. The topological polar surface area (TPSA) is 43.4 Å². The van der Waals surface area contributed by atoms with Crippen LogP contribution in [-0.4, -0.2) is 39.6 Å². The summed E-state index contributed by atoms with van der Waals surface area (Å²) in [5, 5.41) is 0. The number of halogens is 2. The normalized spacial score (nSPS) is 17.4. The monoisotopic (exact) mass is 1260 g/mol. The summed E-state index contributed by atoms with van der Waals surface area (Å²) in [6.07, 6.45) is 2.00. The van der Waals surface area contributed by atoms with Crippen LogP contribution in [0.15, 0.2) is 279 Å². The largest absolute Gasteiger partial charge is 0.493 e. The van der Waals surface area contributed by atoms with E-state index in [0.29, 0.717) is 13.2 Å². The molecule has 2 saturated heterocycles. The molecule has 12 aromatic carbocycles. The Balaban J connectivity index is 0.759. The highest BCUT2D eigenvalue weighted by Gasteiger charge is 2.49. The third-order valence-electron chi connectivity index (χ3n) is 21.1. The summed E-state index contributed by atoms with van der Waals surface area (Å²) in [6, 6.07) is 97.3. The van der Waals surface area contributed by atoms with Crippen LogP contribution in [0.5, 0.6) is 11.5 Å². The number of hydrogen-bond donors (Lipinski definition) is 0. The van der Waals surface area contributed by atoms with Crippen molar-refractivity contribution in [1.29, 1.82) is 0 Å². The predicted octanol–water partition coefficient (Wildman–Crippen LogP) is 21.5. The van der Waals surface area contributed by atoms with Gasteiger partial charge in [-0.2, -0.15) is 0 Å². The van der Waals surface area contributed by atoms with Gasteiger partial charge in [-0.3, -0.25) is 0 Å². The SMILES string of the molecule is CCC1(COc2ccc(C3(c4ccc(C)cc4)c4ccccc4-c4ccc(N(c5ccc(F)cc5)c5ccc(-c6ccc(N(c7ccc(F)cc7)c7ccc8c(c7)C(c7ccc(C)cc7)(c7ccc(OCC9(CC)COC9)cc7)c7ccccc7-8)cc6)cc5)cc43)cc2)COC1. The lowest BCUT2D eigenvalue weighted by Crippen LogP contribution is -2.46. The third-order valence-corrected chi connectivity index (χ3v) is 21.1. The molecule has 2 fully saturated rings. The smallest absolute Gasteiger partial charge is 0.123 e. The molecule has 2 aliphatic heterocycles. The molecule has 474 valence electrons. The number of anilines is 6. The van der Waals surface area contributed by atoms with Crippen molar-refractivity contribution in [2.45, 2.75) is 51.4 Å². The maximum atomic E-state index is 15.0. The minimum absolute atomic E-state index is 0.0506. The molecule has 4 aliphatic rings. The van der Waals surface area contributed by atoms with E-state index < -0.39 is 10.8 Å². The quantitative estimate of drug-likeness (QED) is 0.0804. The highest BCUT2D eigenvalue weighted by molar-refractivity contribution is 5.92. The molecule has 2 atom stereocenters. The van der Waals surface area contributed by atoms with Gasteiger partial charge in [0.2, 0.25) is 0 Å².